The Morgan fingerprint density at radius 3 is 2.22 bits per heavy atom. The molecule has 1 aromatic carbocycles. The van der Waals surface area contributed by atoms with Crippen molar-refractivity contribution in [1.29, 1.82) is 0 Å². The van der Waals surface area contributed by atoms with Gasteiger partial charge in [0.05, 0.1) is 14.2 Å². The van der Waals surface area contributed by atoms with E-state index in [0.29, 0.717) is 30.2 Å². The zero-order chi connectivity index (χ0) is 16.7. The average molecular weight is 314 g/mol. The predicted molar refractivity (Wildman–Crippen MR) is 89.1 cm³/mol. The molecule has 0 N–H and O–H groups in total. The lowest BCUT2D eigenvalue weighted by molar-refractivity contribution is 0.0759. The summed E-state index contributed by atoms with van der Waals surface area (Å²) in [6, 6.07) is 9.27. The van der Waals surface area contributed by atoms with Gasteiger partial charge in [-0.1, -0.05) is 6.07 Å². The summed E-state index contributed by atoms with van der Waals surface area (Å²) in [6.45, 7) is 3.21. The minimum Gasteiger partial charge on any atom is -0.496 e. The summed E-state index contributed by atoms with van der Waals surface area (Å²) in [5.74, 6) is 0.962. The van der Waals surface area contributed by atoms with Crippen molar-refractivity contribution in [2.45, 2.75) is 13.3 Å². The van der Waals surface area contributed by atoms with Crippen LogP contribution in [0.1, 0.15) is 22.8 Å². The first-order valence-corrected chi connectivity index (χ1v) is 7.60. The molecule has 23 heavy (non-hydrogen) atoms. The highest BCUT2D eigenvalue weighted by molar-refractivity contribution is 5.99. The smallest absolute Gasteiger partial charge is 0.261 e. The molecular weight excluding hydrogens is 292 g/mol. The van der Waals surface area contributed by atoms with Crippen LogP contribution in [-0.4, -0.2) is 43.1 Å². The van der Waals surface area contributed by atoms with Crippen LogP contribution in [0.5, 0.6) is 11.5 Å². The average Bonchev–Trinajstić information content (AvgIpc) is 2.62. The summed E-state index contributed by atoms with van der Waals surface area (Å²) in [7, 11) is 3.11. The first-order valence-electron chi connectivity index (χ1n) is 7.60. The lowest BCUT2D eigenvalue weighted by Crippen LogP contribution is -2.33. The number of carbonyl (C=O) groups excluding carboxylic acids is 1. The zero-order valence-electron chi connectivity index (χ0n) is 13.8. The van der Waals surface area contributed by atoms with Crippen LogP contribution in [0.15, 0.2) is 42.7 Å². The number of rotatable bonds is 7. The lowest BCUT2D eigenvalue weighted by atomic mass is 10.1. The number of benzene rings is 1. The summed E-state index contributed by atoms with van der Waals surface area (Å²) in [5, 5.41) is 0. The Hall–Kier alpha value is -2.56. The van der Waals surface area contributed by atoms with Gasteiger partial charge < -0.3 is 14.4 Å². The van der Waals surface area contributed by atoms with Gasteiger partial charge in [0.2, 0.25) is 0 Å². The molecule has 5 nitrogen and oxygen atoms in total. The Balaban J connectivity index is 2.20. The van der Waals surface area contributed by atoms with Crippen molar-refractivity contribution in [2.24, 2.45) is 0 Å². The van der Waals surface area contributed by atoms with Crippen molar-refractivity contribution in [3.63, 3.8) is 0 Å². The normalized spacial score (nSPS) is 10.2. The van der Waals surface area contributed by atoms with Gasteiger partial charge in [-0.15, -0.1) is 0 Å². The Morgan fingerprint density at radius 1 is 1.09 bits per heavy atom. The molecule has 1 heterocycles. The number of ether oxygens (including phenoxy) is 2. The third kappa shape index (κ3) is 4.00. The fraction of sp³-hybridized carbons (Fsp3) is 0.333. The SMILES string of the molecule is CCN(CCc1ccncc1)C(=O)c1c(OC)cccc1OC. The van der Waals surface area contributed by atoms with Gasteiger partial charge in [-0.2, -0.15) is 0 Å². The Kier molecular flexibility index (Phi) is 5.97. The highest BCUT2D eigenvalue weighted by Gasteiger charge is 2.22. The van der Waals surface area contributed by atoms with Crippen LogP contribution in [0.2, 0.25) is 0 Å². The number of pyridine rings is 1. The topological polar surface area (TPSA) is 51.7 Å². The summed E-state index contributed by atoms with van der Waals surface area (Å²) in [4.78, 5) is 18.7. The molecule has 0 aliphatic rings. The van der Waals surface area contributed by atoms with E-state index in [4.69, 9.17) is 9.47 Å². The van der Waals surface area contributed by atoms with E-state index in [0.717, 1.165) is 12.0 Å². The van der Waals surface area contributed by atoms with Crippen LogP contribution in [0.25, 0.3) is 0 Å². The molecule has 1 amide bonds. The Labute approximate surface area is 136 Å². The molecule has 1 aromatic heterocycles. The van der Waals surface area contributed by atoms with E-state index in [1.54, 1.807) is 43.6 Å². The zero-order valence-corrected chi connectivity index (χ0v) is 13.8. The van der Waals surface area contributed by atoms with Crippen molar-refractivity contribution < 1.29 is 14.3 Å². The molecule has 0 aliphatic heterocycles. The molecule has 2 rings (SSSR count). The van der Waals surface area contributed by atoms with Gasteiger partial charge >= 0.3 is 0 Å². The van der Waals surface area contributed by atoms with Crippen LogP contribution < -0.4 is 9.47 Å². The van der Waals surface area contributed by atoms with E-state index in [1.807, 2.05) is 25.1 Å². The first-order chi connectivity index (χ1) is 11.2. The molecular formula is C18H22N2O3. The summed E-state index contributed by atoms with van der Waals surface area (Å²) >= 11 is 0. The Morgan fingerprint density at radius 2 is 1.70 bits per heavy atom. The van der Waals surface area contributed by atoms with Gasteiger partial charge in [0.15, 0.2) is 0 Å². The Bertz CT molecular complexity index is 622. The summed E-state index contributed by atoms with van der Waals surface area (Å²) < 4.78 is 10.7. The number of likely N-dealkylation sites (N-methyl/N-ethyl adjacent to an activating group) is 1. The molecule has 5 heteroatoms. The minimum atomic E-state index is -0.0872. The molecule has 0 unspecified atom stereocenters. The number of amides is 1. The van der Waals surface area contributed by atoms with Gasteiger partial charge in [0.25, 0.3) is 5.91 Å². The second-order valence-electron chi connectivity index (χ2n) is 5.03. The first kappa shape index (κ1) is 16.8. The molecule has 0 saturated heterocycles. The van der Waals surface area contributed by atoms with E-state index in [-0.39, 0.29) is 5.91 Å². The van der Waals surface area contributed by atoms with Gasteiger partial charge in [-0.3, -0.25) is 9.78 Å². The molecule has 0 radical (unpaired) electrons. The second kappa shape index (κ2) is 8.17. The van der Waals surface area contributed by atoms with Crippen molar-refractivity contribution >= 4 is 5.91 Å². The third-order valence-corrected chi connectivity index (χ3v) is 3.73. The maximum atomic E-state index is 12.9. The monoisotopic (exact) mass is 314 g/mol. The number of nitrogens with zero attached hydrogens (tertiary/aromatic N) is 2. The summed E-state index contributed by atoms with van der Waals surface area (Å²) in [6.07, 6.45) is 4.30. The molecule has 0 fully saturated rings. The lowest BCUT2D eigenvalue weighted by Gasteiger charge is -2.23. The van der Waals surface area contributed by atoms with Crippen molar-refractivity contribution in [3.8, 4) is 11.5 Å². The van der Waals surface area contributed by atoms with E-state index >= 15 is 0 Å². The minimum absolute atomic E-state index is 0.0872. The van der Waals surface area contributed by atoms with Crippen LogP contribution >= 0.6 is 0 Å². The van der Waals surface area contributed by atoms with E-state index in [2.05, 4.69) is 4.98 Å². The van der Waals surface area contributed by atoms with Crippen molar-refractivity contribution in [3.05, 3.63) is 53.9 Å². The maximum absolute atomic E-state index is 12.9. The maximum Gasteiger partial charge on any atom is 0.261 e. The highest BCUT2D eigenvalue weighted by Crippen LogP contribution is 2.29. The standard InChI is InChI=1S/C18H22N2O3/c1-4-20(13-10-14-8-11-19-12-9-14)18(21)17-15(22-2)6-5-7-16(17)23-3/h5-9,11-12H,4,10,13H2,1-3H3. The molecule has 0 spiro atoms. The molecule has 0 saturated carbocycles. The summed E-state index contributed by atoms with van der Waals surface area (Å²) in [5.41, 5.74) is 1.62. The van der Waals surface area contributed by atoms with E-state index in [1.165, 1.54) is 0 Å². The second-order valence-corrected chi connectivity index (χ2v) is 5.03. The van der Waals surface area contributed by atoms with Gasteiger partial charge in [-0.05, 0) is 43.2 Å². The number of aromatic nitrogens is 1. The number of hydrogen-bond acceptors (Lipinski definition) is 4. The molecule has 2 aromatic rings. The largest absolute Gasteiger partial charge is 0.496 e. The molecule has 0 aliphatic carbocycles. The molecule has 0 atom stereocenters. The third-order valence-electron chi connectivity index (χ3n) is 3.73. The van der Waals surface area contributed by atoms with Crippen LogP contribution in [0.3, 0.4) is 0 Å². The van der Waals surface area contributed by atoms with Gasteiger partial charge in [-0.25, -0.2) is 0 Å². The van der Waals surface area contributed by atoms with Crippen molar-refractivity contribution in [2.75, 3.05) is 27.3 Å². The van der Waals surface area contributed by atoms with Crippen LogP contribution in [0.4, 0.5) is 0 Å². The molecule has 122 valence electrons. The van der Waals surface area contributed by atoms with Gasteiger partial charge in [0.1, 0.15) is 17.1 Å². The van der Waals surface area contributed by atoms with E-state index in [9.17, 15) is 4.79 Å². The number of hydrogen-bond donors (Lipinski definition) is 0. The fourth-order valence-electron chi connectivity index (χ4n) is 2.44. The van der Waals surface area contributed by atoms with Crippen LogP contribution in [-0.2, 0) is 6.42 Å². The molecule has 0 bridgehead atoms. The van der Waals surface area contributed by atoms with E-state index < -0.39 is 0 Å². The van der Waals surface area contributed by atoms with Gasteiger partial charge in [0, 0.05) is 25.5 Å². The van der Waals surface area contributed by atoms with Crippen molar-refractivity contribution in [1.82, 2.24) is 9.88 Å². The highest BCUT2D eigenvalue weighted by atomic mass is 16.5. The van der Waals surface area contributed by atoms with Crippen LogP contribution in [0, 0.1) is 0 Å². The number of methoxy groups -OCH3 is 2. The quantitative estimate of drug-likeness (QED) is 0.788. The predicted octanol–water partition coefficient (Wildman–Crippen LogP) is 2.80. The fourth-order valence-corrected chi connectivity index (χ4v) is 2.44. The number of carbonyl (C=O) groups is 1.